The monoisotopic (exact) mass is 425 g/mol. The largest absolute Gasteiger partial charge is 0.495 e. The maximum atomic E-state index is 12.3. The van der Waals surface area contributed by atoms with E-state index in [0.717, 1.165) is 4.31 Å². The van der Waals surface area contributed by atoms with Gasteiger partial charge in [0.25, 0.3) is 5.91 Å². The number of hydrogen-bond acceptors (Lipinski definition) is 8. The molecular formula is C18H23N3O7S. The Morgan fingerprint density at radius 3 is 2.55 bits per heavy atom. The van der Waals surface area contributed by atoms with Gasteiger partial charge in [-0.2, -0.15) is 0 Å². The van der Waals surface area contributed by atoms with Crippen LogP contribution >= 0.6 is 0 Å². The quantitative estimate of drug-likeness (QED) is 0.632. The lowest BCUT2D eigenvalue weighted by Crippen LogP contribution is -2.24. The van der Waals surface area contributed by atoms with Crippen molar-refractivity contribution in [3.63, 3.8) is 0 Å². The number of hydrogen-bond donors (Lipinski definition) is 1. The van der Waals surface area contributed by atoms with Crippen LogP contribution < -0.4 is 10.1 Å². The van der Waals surface area contributed by atoms with Gasteiger partial charge >= 0.3 is 5.97 Å². The zero-order valence-electron chi connectivity index (χ0n) is 16.8. The van der Waals surface area contributed by atoms with Gasteiger partial charge in [0.05, 0.1) is 23.4 Å². The third kappa shape index (κ3) is 4.93. The standard InChI is InChI=1S/C18H23N3O7S/c1-6-13-17(11(2)28-20-13)18(23)27-10-16(22)19-14-9-12(7-8-15(14)26-5)29(24,25)21(3)4/h7-9H,6,10H2,1-5H3,(H,19,22). The van der Waals surface area contributed by atoms with Gasteiger partial charge in [-0.05, 0) is 31.5 Å². The molecule has 158 valence electrons. The summed E-state index contributed by atoms with van der Waals surface area (Å²) in [4.78, 5) is 24.5. The Morgan fingerprint density at radius 2 is 1.97 bits per heavy atom. The molecule has 0 aliphatic carbocycles. The number of sulfonamides is 1. The molecule has 1 N–H and O–H groups in total. The molecule has 0 spiro atoms. The third-order valence-corrected chi connectivity index (χ3v) is 5.84. The molecule has 2 rings (SSSR count). The van der Waals surface area contributed by atoms with Crippen molar-refractivity contribution >= 4 is 27.6 Å². The number of methoxy groups -OCH3 is 1. The zero-order chi connectivity index (χ0) is 21.8. The second-order valence-electron chi connectivity index (χ2n) is 6.19. The Labute approximate surface area is 168 Å². The van der Waals surface area contributed by atoms with E-state index in [1.54, 1.807) is 6.92 Å². The van der Waals surface area contributed by atoms with Crippen LogP contribution in [-0.2, 0) is 26.0 Å². The van der Waals surface area contributed by atoms with Crippen LogP contribution in [-0.4, -0.2) is 57.6 Å². The predicted molar refractivity (Wildman–Crippen MR) is 103 cm³/mol. The first-order valence-electron chi connectivity index (χ1n) is 8.64. The van der Waals surface area contributed by atoms with Crippen LogP contribution in [0.4, 0.5) is 5.69 Å². The Kier molecular flexibility index (Phi) is 6.98. The highest BCUT2D eigenvalue weighted by Gasteiger charge is 2.23. The third-order valence-electron chi connectivity index (χ3n) is 4.03. The number of ether oxygens (including phenoxy) is 2. The number of carbonyl (C=O) groups excluding carboxylic acids is 2. The first-order chi connectivity index (χ1) is 13.6. The smallest absolute Gasteiger partial charge is 0.344 e. The number of carbonyl (C=O) groups is 2. The number of aryl methyl sites for hydroxylation is 2. The van der Waals surface area contributed by atoms with Crippen molar-refractivity contribution in [1.82, 2.24) is 9.46 Å². The van der Waals surface area contributed by atoms with Gasteiger partial charge in [0, 0.05) is 14.1 Å². The van der Waals surface area contributed by atoms with E-state index in [2.05, 4.69) is 10.5 Å². The van der Waals surface area contributed by atoms with Gasteiger partial charge in [-0.1, -0.05) is 12.1 Å². The maximum absolute atomic E-state index is 12.3. The predicted octanol–water partition coefficient (Wildman–Crippen LogP) is 1.60. The number of benzene rings is 1. The van der Waals surface area contributed by atoms with Gasteiger partial charge in [-0.25, -0.2) is 17.5 Å². The molecule has 0 aliphatic heterocycles. The van der Waals surface area contributed by atoms with Crippen LogP contribution in [0.5, 0.6) is 5.75 Å². The number of amides is 1. The number of aromatic nitrogens is 1. The van der Waals surface area contributed by atoms with Crippen LogP contribution in [0, 0.1) is 6.92 Å². The fourth-order valence-electron chi connectivity index (χ4n) is 2.47. The molecule has 1 heterocycles. The van der Waals surface area contributed by atoms with Crippen molar-refractivity contribution < 1.29 is 32.0 Å². The highest BCUT2D eigenvalue weighted by molar-refractivity contribution is 7.89. The van der Waals surface area contributed by atoms with Gasteiger partial charge in [-0.3, -0.25) is 4.79 Å². The molecule has 0 fully saturated rings. The van der Waals surface area contributed by atoms with Crippen LogP contribution in [0.2, 0.25) is 0 Å². The number of nitrogens with zero attached hydrogens (tertiary/aromatic N) is 2. The Bertz CT molecular complexity index is 1010. The number of rotatable bonds is 8. The second-order valence-corrected chi connectivity index (χ2v) is 8.34. The summed E-state index contributed by atoms with van der Waals surface area (Å²) in [6.45, 7) is 2.80. The van der Waals surface area contributed by atoms with E-state index in [4.69, 9.17) is 14.0 Å². The van der Waals surface area contributed by atoms with Gasteiger partial charge < -0.3 is 19.3 Å². The zero-order valence-corrected chi connectivity index (χ0v) is 17.6. The van der Waals surface area contributed by atoms with Crippen LogP contribution in [0.25, 0.3) is 0 Å². The molecule has 2 aromatic rings. The number of anilines is 1. The summed E-state index contributed by atoms with van der Waals surface area (Å²) < 4.78 is 40.8. The molecule has 0 saturated carbocycles. The van der Waals surface area contributed by atoms with Crippen molar-refractivity contribution in [2.24, 2.45) is 0 Å². The average Bonchev–Trinajstić information content (AvgIpc) is 3.06. The maximum Gasteiger partial charge on any atom is 0.344 e. The normalized spacial score (nSPS) is 11.4. The molecule has 0 unspecified atom stereocenters. The van der Waals surface area contributed by atoms with Crippen LogP contribution in [0.1, 0.15) is 28.7 Å². The highest BCUT2D eigenvalue weighted by atomic mass is 32.2. The summed E-state index contributed by atoms with van der Waals surface area (Å²) in [5.41, 5.74) is 0.764. The van der Waals surface area contributed by atoms with E-state index in [-0.39, 0.29) is 21.9 Å². The second kappa shape index (κ2) is 9.05. The molecule has 0 aliphatic rings. The molecule has 10 nitrogen and oxygen atoms in total. The number of esters is 1. The summed E-state index contributed by atoms with van der Waals surface area (Å²) in [7, 11) is 0.472. The molecule has 0 bridgehead atoms. The van der Waals surface area contributed by atoms with Crippen LogP contribution in [0.15, 0.2) is 27.6 Å². The summed E-state index contributed by atoms with van der Waals surface area (Å²) in [5, 5.41) is 6.26. The van der Waals surface area contributed by atoms with Crippen molar-refractivity contribution in [1.29, 1.82) is 0 Å². The highest BCUT2D eigenvalue weighted by Crippen LogP contribution is 2.28. The molecule has 0 saturated heterocycles. The molecule has 29 heavy (non-hydrogen) atoms. The summed E-state index contributed by atoms with van der Waals surface area (Å²) in [6, 6.07) is 4.06. The molecule has 1 aromatic heterocycles. The topological polar surface area (TPSA) is 128 Å². The van der Waals surface area contributed by atoms with Crippen molar-refractivity contribution in [2.75, 3.05) is 33.1 Å². The van der Waals surface area contributed by atoms with Crippen molar-refractivity contribution in [3.8, 4) is 5.75 Å². The van der Waals surface area contributed by atoms with Crippen molar-refractivity contribution in [3.05, 3.63) is 35.2 Å². The van der Waals surface area contributed by atoms with E-state index >= 15 is 0 Å². The van der Waals surface area contributed by atoms with E-state index in [9.17, 15) is 18.0 Å². The fraction of sp³-hybridized carbons (Fsp3) is 0.389. The Hall–Kier alpha value is -2.92. The van der Waals surface area contributed by atoms with E-state index in [1.807, 2.05) is 6.92 Å². The molecule has 11 heteroatoms. The summed E-state index contributed by atoms with van der Waals surface area (Å²) in [5.74, 6) is -0.837. The molecular weight excluding hydrogens is 402 g/mol. The van der Waals surface area contributed by atoms with E-state index in [1.165, 1.54) is 39.4 Å². The molecule has 0 atom stereocenters. The lowest BCUT2D eigenvalue weighted by Gasteiger charge is -2.15. The fourth-order valence-corrected chi connectivity index (χ4v) is 3.39. The molecule has 0 radical (unpaired) electrons. The van der Waals surface area contributed by atoms with Gasteiger partial charge in [0.1, 0.15) is 17.1 Å². The van der Waals surface area contributed by atoms with Crippen LogP contribution in [0.3, 0.4) is 0 Å². The minimum atomic E-state index is -3.70. The molecule has 1 amide bonds. The van der Waals surface area contributed by atoms with Crippen molar-refractivity contribution in [2.45, 2.75) is 25.2 Å². The van der Waals surface area contributed by atoms with E-state index in [0.29, 0.717) is 17.9 Å². The lowest BCUT2D eigenvalue weighted by molar-refractivity contribution is -0.119. The average molecular weight is 425 g/mol. The first-order valence-corrected chi connectivity index (χ1v) is 10.1. The van der Waals surface area contributed by atoms with Gasteiger partial charge in [-0.15, -0.1) is 0 Å². The number of nitrogens with one attached hydrogen (secondary N) is 1. The minimum Gasteiger partial charge on any atom is -0.495 e. The minimum absolute atomic E-state index is 0.0247. The Balaban J connectivity index is 2.14. The SMILES string of the molecule is CCc1noc(C)c1C(=O)OCC(=O)Nc1cc(S(=O)(=O)N(C)C)ccc1OC. The van der Waals surface area contributed by atoms with E-state index < -0.39 is 28.5 Å². The first kappa shape index (κ1) is 22.4. The van der Waals surface area contributed by atoms with Gasteiger partial charge in [0.2, 0.25) is 10.0 Å². The lowest BCUT2D eigenvalue weighted by atomic mass is 10.1. The summed E-state index contributed by atoms with van der Waals surface area (Å²) in [6.07, 6.45) is 0.471. The molecule has 1 aromatic carbocycles. The summed E-state index contributed by atoms with van der Waals surface area (Å²) >= 11 is 0. The Morgan fingerprint density at radius 1 is 1.28 bits per heavy atom. The van der Waals surface area contributed by atoms with Gasteiger partial charge in [0.15, 0.2) is 6.61 Å².